The molecule has 1 aromatic rings. The number of piperidine rings is 1. The third-order valence-electron chi connectivity index (χ3n) is 6.01. The van der Waals surface area contributed by atoms with E-state index in [9.17, 15) is 14.4 Å². The number of nitrogens with zero attached hydrogens (tertiary/aromatic N) is 1. The minimum atomic E-state index is -1.43. The lowest BCUT2D eigenvalue weighted by molar-refractivity contribution is -0.167. The summed E-state index contributed by atoms with van der Waals surface area (Å²) in [7, 11) is -1.42. The molecule has 0 aliphatic carbocycles. The molecule has 2 rings (SSSR count). The molecule has 2 amide bonds. The number of ether oxygens (including phenoxy) is 1. The fourth-order valence-corrected chi connectivity index (χ4v) is 4.19. The average Bonchev–Trinajstić information content (AvgIpc) is 2.72. The molecule has 1 unspecified atom stereocenters. The van der Waals surface area contributed by atoms with Gasteiger partial charge in [0.05, 0.1) is 6.61 Å². The molecule has 0 aromatic heterocycles. The van der Waals surface area contributed by atoms with Crippen LogP contribution in [0.25, 0.3) is 0 Å². The lowest BCUT2D eigenvalue weighted by Crippen LogP contribution is -2.55. The number of esters is 1. The summed E-state index contributed by atoms with van der Waals surface area (Å²) in [4.78, 5) is 40.8. The third-order valence-corrected chi connectivity index (χ3v) is 9.72. The Kier molecular flexibility index (Phi) is 8.11. The second kappa shape index (κ2) is 10.0. The van der Waals surface area contributed by atoms with Gasteiger partial charge in [-0.1, -0.05) is 51.6 Å². The topological polar surface area (TPSA) is 72.9 Å². The number of hydrogen-bond donors (Lipinski definition) is 0. The van der Waals surface area contributed by atoms with Crippen LogP contribution in [0.1, 0.15) is 50.4 Å². The largest absolute Gasteiger partial charge is 0.461 e. The van der Waals surface area contributed by atoms with E-state index in [4.69, 9.17) is 8.92 Å². The molecule has 1 aliphatic heterocycles. The van der Waals surface area contributed by atoms with Gasteiger partial charge in [0, 0.05) is 16.9 Å². The van der Waals surface area contributed by atoms with Gasteiger partial charge < -0.3 is 8.92 Å². The first-order chi connectivity index (χ1) is 14.5. The summed E-state index contributed by atoms with van der Waals surface area (Å²) in [5.41, 5.74) is -1.01. The van der Waals surface area contributed by atoms with Crippen LogP contribution >= 0.6 is 10.3 Å². The molecule has 1 heterocycles. The van der Waals surface area contributed by atoms with Crippen LogP contribution in [-0.2, 0) is 18.5 Å². The first-order valence-corrected chi connectivity index (χ1v) is 12.9. The van der Waals surface area contributed by atoms with E-state index in [1.54, 1.807) is 24.3 Å². The second-order valence-electron chi connectivity index (χ2n) is 9.12. The quantitative estimate of drug-likeness (QED) is 0.255. The highest BCUT2D eigenvalue weighted by Gasteiger charge is 2.52. The number of rotatable bonds is 8. The van der Waals surface area contributed by atoms with Crippen LogP contribution in [0.5, 0.6) is 0 Å². The van der Waals surface area contributed by atoms with Gasteiger partial charge >= 0.3 is 5.97 Å². The van der Waals surface area contributed by atoms with Crippen molar-refractivity contribution in [3.05, 3.63) is 48.6 Å². The summed E-state index contributed by atoms with van der Waals surface area (Å²) in [6.07, 6.45) is 6.65. The van der Waals surface area contributed by atoms with Crippen molar-refractivity contribution in [2.45, 2.75) is 44.8 Å². The van der Waals surface area contributed by atoms with Crippen molar-refractivity contribution in [1.82, 2.24) is 4.90 Å². The number of amides is 2. The summed E-state index contributed by atoms with van der Waals surface area (Å²) < 4.78 is 11.5. The molecule has 0 saturated carbocycles. The van der Waals surface area contributed by atoms with Gasteiger partial charge in [0.25, 0.3) is 5.91 Å². The highest BCUT2D eigenvalue weighted by Crippen LogP contribution is 2.54. The van der Waals surface area contributed by atoms with E-state index in [1.807, 2.05) is 6.07 Å². The Balaban J connectivity index is 2.29. The van der Waals surface area contributed by atoms with E-state index in [0.717, 1.165) is 0 Å². The summed E-state index contributed by atoms with van der Waals surface area (Å²) >= 11 is 0. The van der Waals surface area contributed by atoms with E-state index >= 15 is 0 Å². The Morgan fingerprint density at radius 2 is 1.87 bits per heavy atom. The maximum absolute atomic E-state index is 13.5. The van der Waals surface area contributed by atoms with Gasteiger partial charge in [-0.05, 0) is 43.9 Å². The van der Waals surface area contributed by atoms with Crippen LogP contribution in [0.3, 0.4) is 0 Å². The smallest absolute Gasteiger partial charge is 0.322 e. The van der Waals surface area contributed by atoms with Crippen molar-refractivity contribution < 1.29 is 23.3 Å². The Labute approximate surface area is 187 Å². The van der Waals surface area contributed by atoms with E-state index in [-0.39, 0.29) is 30.9 Å². The molecule has 0 radical (unpaired) electrons. The normalized spacial score (nSPS) is 20.3. The van der Waals surface area contributed by atoms with Crippen molar-refractivity contribution in [3.8, 4) is 0 Å². The lowest BCUT2D eigenvalue weighted by atomic mass is 9.76. The van der Waals surface area contributed by atoms with Crippen LogP contribution in [0.2, 0.25) is 0 Å². The second-order valence-corrected chi connectivity index (χ2v) is 13.0. The number of likely N-dealkylation sites (tertiary alicyclic amines) is 1. The molecule has 1 saturated heterocycles. The highest BCUT2D eigenvalue weighted by molar-refractivity contribution is 8.29. The molecule has 1 fully saturated rings. The van der Waals surface area contributed by atoms with Crippen LogP contribution in [0.15, 0.2) is 43.0 Å². The average molecular weight is 450 g/mol. The van der Waals surface area contributed by atoms with Gasteiger partial charge in [0.1, 0.15) is 12.0 Å². The van der Waals surface area contributed by atoms with Gasteiger partial charge in [-0.3, -0.25) is 19.3 Å². The summed E-state index contributed by atoms with van der Waals surface area (Å²) in [5.74, 6) is -1.52. The fraction of sp³-hybridized carbons (Fsp3) is 0.542. The van der Waals surface area contributed by atoms with Crippen molar-refractivity contribution in [1.29, 1.82) is 0 Å². The number of hydrogen-bond acceptors (Lipinski definition) is 5. The Hall–Kier alpha value is -2.12. The van der Waals surface area contributed by atoms with Crippen molar-refractivity contribution in [2.24, 2.45) is 5.41 Å². The molecule has 1 aliphatic rings. The van der Waals surface area contributed by atoms with E-state index in [2.05, 4.69) is 39.9 Å². The molecule has 0 bridgehead atoms. The molecule has 6 nitrogen and oxygen atoms in total. The van der Waals surface area contributed by atoms with Crippen molar-refractivity contribution in [2.75, 3.05) is 32.3 Å². The van der Waals surface area contributed by atoms with Gasteiger partial charge in [-0.15, -0.1) is 10.3 Å². The maximum Gasteiger partial charge on any atom is 0.322 e. The van der Waals surface area contributed by atoms with E-state index in [1.165, 1.54) is 11.0 Å². The molecule has 1 aromatic carbocycles. The predicted molar refractivity (Wildman–Crippen MR) is 125 cm³/mol. The molecule has 7 heteroatoms. The van der Waals surface area contributed by atoms with Crippen molar-refractivity contribution >= 4 is 28.1 Å². The molecule has 172 valence electrons. The molecule has 1 atom stereocenters. The van der Waals surface area contributed by atoms with E-state index in [0.29, 0.717) is 18.4 Å². The molecule has 0 N–H and O–H groups in total. The van der Waals surface area contributed by atoms with Crippen LogP contribution in [0, 0.1) is 5.41 Å². The first-order valence-electron chi connectivity index (χ1n) is 10.5. The van der Waals surface area contributed by atoms with E-state index < -0.39 is 33.5 Å². The Morgan fingerprint density at radius 3 is 2.45 bits per heavy atom. The van der Waals surface area contributed by atoms with Crippen molar-refractivity contribution in [3.63, 3.8) is 0 Å². The zero-order valence-corrected chi connectivity index (χ0v) is 20.1. The summed E-state index contributed by atoms with van der Waals surface area (Å²) in [6.45, 7) is 10.4. The number of carbonyl (C=O) groups excluding carboxylic acids is 3. The van der Waals surface area contributed by atoms with Crippen LogP contribution in [-0.4, -0.2) is 59.7 Å². The fourth-order valence-electron chi connectivity index (χ4n) is 3.33. The van der Waals surface area contributed by atoms with Gasteiger partial charge in [0.2, 0.25) is 5.91 Å². The highest BCUT2D eigenvalue weighted by atomic mass is 32.3. The Bertz CT molecular complexity index is 815. The lowest BCUT2D eigenvalue weighted by Gasteiger charge is -2.45. The molecule has 31 heavy (non-hydrogen) atoms. The minimum absolute atomic E-state index is 0.0140. The standard InChI is InChI=1S/C24H35NO5S/c1-7-17-29-22(28)24(15-18-30-31(5,6)23(2,3)4)14-11-16-25(21(24)27)20(26)19-12-9-8-10-13-19/h7-10,12-13H,1,11,14-18H2,2-6H3. The minimum Gasteiger partial charge on any atom is -0.461 e. The SMILES string of the molecule is C=CCOC(=O)C1(CCOS(C)(C)C(C)(C)C)CCCN(C(=O)c2ccccc2)C1=O. The third kappa shape index (κ3) is 5.57. The zero-order valence-electron chi connectivity index (χ0n) is 19.3. The van der Waals surface area contributed by atoms with Gasteiger partial charge in [-0.2, -0.15) is 0 Å². The summed E-state index contributed by atoms with van der Waals surface area (Å²) in [5, 5.41) is 0. The zero-order chi connectivity index (χ0) is 23.3. The predicted octanol–water partition coefficient (Wildman–Crippen LogP) is 4.35. The number of benzene rings is 1. The Morgan fingerprint density at radius 1 is 1.23 bits per heavy atom. The number of carbonyl (C=O) groups is 3. The van der Waals surface area contributed by atoms with Gasteiger partial charge in [-0.25, -0.2) is 0 Å². The molecule has 0 spiro atoms. The number of imide groups is 1. The van der Waals surface area contributed by atoms with Crippen LogP contribution < -0.4 is 0 Å². The summed E-state index contributed by atoms with van der Waals surface area (Å²) in [6, 6.07) is 8.64. The van der Waals surface area contributed by atoms with Crippen LogP contribution in [0.4, 0.5) is 0 Å². The maximum atomic E-state index is 13.5. The monoisotopic (exact) mass is 449 g/mol. The molecular weight excluding hydrogens is 414 g/mol. The first kappa shape index (κ1) is 25.1. The molecular formula is C24H35NO5S. The van der Waals surface area contributed by atoms with Gasteiger partial charge in [0.15, 0.2) is 0 Å².